The van der Waals surface area contributed by atoms with Gasteiger partial charge in [0.05, 0.1) is 0 Å². The Morgan fingerprint density at radius 2 is 1.65 bits per heavy atom. The minimum absolute atomic E-state index is 0.149. The lowest BCUT2D eigenvalue weighted by atomic mass is 9.88. The van der Waals surface area contributed by atoms with Gasteiger partial charge in [-0.15, -0.1) is 0 Å². The van der Waals surface area contributed by atoms with E-state index in [0.29, 0.717) is 23.3 Å². The fraction of sp³-hybridized carbons (Fsp3) is 0.240. The topological polar surface area (TPSA) is 66.8 Å². The van der Waals surface area contributed by atoms with Gasteiger partial charge in [0, 0.05) is 17.9 Å². The highest BCUT2D eigenvalue weighted by Gasteiger charge is 2.21. The number of carboxylic acid groups (broad SMARTS) is 1. The zero-order valence-electron chi connectivity index (χ0n) is 17.6. The first-order valence-electron chi connectivity index (χ1n) is 9.87. The molecule has 0 saturated heterocycles. The molecular formula is C25H24F2O4. The summed E-state index contributed by atoms with van der Waals surface area (Å²) in [5.41, 5.74) is 3.88. The van der Waals surface area contributed by atoms with Crippen LogP contribution in [0.15, 0.2) is 48.5 Å². The van der Waals surface area contributed by atoms with E-state index in [-0.39, 0.29) is 17.1 Å². The van der Waals surface area contributed by atoms with E-state index in [1.807, 2.05) is 13.8 Å². The van der Waals surface area contributed by atoms with Crippen molar-refractivity contribution in [1.82, 2.24) is 0 Å². The summed E-state index contributed by atoms with van der Waals surface area (Å²) in [5.74, 6) is -2.11. The largest absolute Gasteiger partial charge is 0.508 e. The Labute approximate surface area is 179 Å². The molecule has 31 heavy (non-hydrogen) atoms. The first-order chi connectivity index (χ1) is 14.7. The molecule has 0 spiro atoms. The zero-order chi connectivity index (χ0) is 22.7. The van der Waals surface area contributed by atoms with Crippen LogP contribution in [0.1, 0.15) is 46.2 Å². The van der Waals surface area contributed by atoms with Gasteiger partial charge in [-0.05, 0) is 72.0 Å². The third kappa shape index (κ3) is 5.02. The Bertz CT molecular complexity index is 1080. The van der Waals surface area contributed by atoms with Gasteiger partial charge in [0.15, 0.2) is 6.61 Å². The van der Waals surface area contributed by atoms with Gasteiger partial charge in [0.25, 0.3) is 0 Å². The molecule has 3 aromatic rings. The molecule has 6 heteroatoms. The van der Waals surface area contributed by atoms with Crippen LogP contribution < -0.4 is 4.74 Å². The predicted octanol–water partition coefficient (Wildman–Crippen LogP) is 5.49. The van der Waals surface area contributed by atoms with Gasteiger partial charge in [-0.25, -0.2) is 13.6 Å². The molecular weight excluding hydrogens is 402 g/mol. The molecule has 0 aliphatic heterocycles. The van der Waals surface area contributed by atoms with Gasteiger partial charge in [0.1, 0.15) is 23.1 Å². The van der Waals surface area contributed by atoms with E-state index in [4.69, 9.17) is 9.84 Å². The highest BCUT2D eigenvalue weighted by Crippen LogP contribution is 2.36. The molecule has 0 aliphatic rings. The lowest BCUT2D eigenvalue weighted by Crippen LogP contribution is -2.10. The average molecular weight is 426 g/mol. The summed E-state index contributed by atoms with van der Waals surface area (Å²) >= 11 is 0. The molecule has 0 radical (unpaired) electrons. The van der Waals surface area contributed by atoms with Crippen LogP contribution in [-0.2, 0) is 11.2 Å². The van der Waals surface area contributed by atoms with E-state index in [9.17, 15) is 14.3 Å². The lowest BCUT2D eigenvalue weighted by Gasteiger charge is -2.19. The van der Waals surface area contributed by atoms with Gasteiger partial charge in [-0.1, -0.05) is 25.1 Å². The molecule has 0 heterocycles. The van der Waals surface area contributed by atoms with Crippen molar-refractivity contribution < 1.29 is 28.5 Å². The van der Waals surface area contributed by atoms with Gasteiger partial charge < -0.3 is 14.9 Å². The minimum Gasteiger partial charge on any atom is -0.508 e. The smallest absolute Gasteiger partial charge is 0.341 e. The lowest BCUT2D eigenvalue weighted by molar-refractivity contribution is -0.139. The van der Waals surface area contributed by atoms with Crippen LogP contribution in [-0.4, -0.2) is 22.8 Å². The van der Waals surface area contributed by atoms with E-state index >= 15 is 4.39 Å². The number of phenolic OH excluding ortho intramolecular Hbond substituents is 1. The fourth-order valence-electron chi connectivity index (χ4n) is 3.75. The molecule has 0 saturated carbocycles. The van der Waals surface area contributed by atoms with Crippen LogP contribution >= 0.6 is 0 Å². The van der Waals surface area contributed by atoms with Gasteiger partial charge in [-0.2, -0.15) is 0 Å². The van der Waals surface area contributed by atoms with Crippen molar-refractivity contribution in [2.45, 2.75) is 33.1 Å². The standard InChI is InChI=1S/C25H24F2O4/c1-14-10-20(31-13-23(29)30)11-15(2)21(14)12-18-6-9-22(28)24(25(18)27)16(3)17-4-7-19(26)8-5-17/h4-11,16,28H,12-13H2,1-3H3,(H,29,30). The molecule has 0 aromatic heterocycles. The average Bonchev–Trinajstić information content (AvgIpc) is 2.71. The Morgan fingerprint density at radius 3 is 2.23 bits per heavy atom. The zero-order valence-corrected chi connectivity index (χ0v) is 17.6. The maximum absolute atomic E-state index is 15.5. The number of benzene rings is 3. The second-order valence-corrected chi connectivity index (χ2v) is 7.64. The Balaban J connectivity index is 1.93. The fourth-order valence-corrected chi connectivity index (χ4v) is 3.75. The first kappa shape index (κ1) is 22.3. The monoisotopic (exact) mass is 426 g/mol. The molecule has 1 unspecified atom stereocenters. The number of aliphatic carboxylic acids is 1. The van der Waals surface area contributed by atoms with Gasteiger partial charge in [-0.3, -0.25) is 0 Å². The van der Waals surface area contributed by atoms with E-state index < -0.39 is 24.3 Å². The number of aromatic hydroxyl groups is 1. The Hall–Kier alpha value is -3.41. The number of hydrogen-bond acceptors (Lipinski definition) is 3. The molecule has 0 aliphatic carbocycles. The summed E-state index contributed by atoms with van der Waals surface area (Å²) < 4.78 is 34.0. The summed E-state index contributed by atoms with van der Waals surface area (Å²) in [5, 5.41) is 19.1. The second-order valence-electron chi connectivity index (χ2n) is 7.64. The Kier molecular flexibility index (Phi) is 6.59. The molecule has 2 N–H and O–H groups in total. The summed E-state index contributed by atoms with van der Waals surface area (Å²) in [7, 11) is 0. The SMILES string of the molecule is Cc1cc(OCC(=O)O)cc(C)c1Cc1ccc(O)c(C(C)c2ccc(F)cc2)c1F. The van der Waals surface area contributed by atoms with Crippen LogP contribution in [0.3, 0.4) is 0 Å². The first-order valence-corrected chi connectivity index (χ1v) is 9.87. The maximum atomic E-state index is 15.5. The van der Waals surface area contributed by atoms with Crippen molar-refractivity contribution in [2.75, 3.05) is 6.61 Å². The number of rotatable bonds is 7. The molecule has 1 atom stereocenters. The summed E-state index contributed by atoms with van der Waals surface area (Å²) in [6.45, 7) is 5.04. The highest BCUT2D eigenvalue weighted by molar-refractivity contribution is 5.68. The third-order valence-electron chi connectivity index (χ3n) is 5.44. The van der Waals surface area contributed by atoms with Crippen LogP contribution in [0.4, 0.5) is 8.78 Å². The number of halogens is 2. The van der Waals surface area contributed by atoms with Crippen molar-refractivity contribution in [3.8, 4) is 11.5 Å². The molecule has 0 fully saturated rings. The molecule has 0 amide bonds. The van der Waals surface area contributed by atoms with Crippen molar-refractivity contribution in [3.05, 3.63) is 93.5 Å². The van der Waals surface area contributed by atoms with E-state index in [1.165, 1.54) is 18.2 Å². The Morgan fingerprint density at radius 1 is 1.03 bits per heavy atom. The quantitative estimate of drug-likeness (QED) is 0.524. The minimum atomic E-state index is -1.06. The predicted molar refractivity (Wildman–Crippen MR) is 114 cm³/mol. The highest BCUT2D eigenvalue weighted by atomic mass is 19.1. The van der Waals surface area contributed by atoms with E-state index in [1.54, 1.807) is 37.3 Å². The number of aryl methyl sites for hydroxylation is 2. The number of carbonyl (C=O) groups is 1. The second kappa shape index (κ2) is 9.16. The van der Waals surface area contributed by atoms with E-state index in [2.05, 4.69) is 0 Å². The number of carboxylic acids is 1. The van der Waals surface area contributed by atoms with Gasteiger partial charge >= 0.3 is 5.97 Å². The van der Waals surface area contributed by atoms with Crippen molar-refractivity contribution in [1.29, 1.82) is 0 Å². The van der Waals surface area contributed by atoms with Crippen LogP contribution in [0.2, 0.25) is 0 Å². The summed E-state index contributed by atoms with van der Waals surface area (Å²) in [6.07, 6.45) is 0.298. The number of hydrogen-bond donors (Lipinski definition) is 2. The third-order valence-corrected chi connectivity index (χ3v) is 5.44. The number of phenols is 1. The molecule has 0 bridgehead atoms. The van der Waals surface area contributed by atoms with E-state index in [0.717, 1.165) is 16.7 Å². The van der Waals surface area contributed by atoms with Crippen LogP contribution in [0.25, 0.3) is 0 Å². The molecule has 3 rings (SSSR count). The van der Waals surface area contributed by atoms with Crippen LogP contribution in [0.5, 0.6) is 11.5 Å². The van der Waals surface area contributed by atoms with Gasteiger partial charge in [0.2, 0.25) is 0 Å². The van der Waals surface area contributed by atoms with Crippen molar-refractivity contribution in [3.63, 3.8) is 0 Å². The molecule has 3 aromatic carbocycles. The van der Waals surface area contributed by atoms with Crippen LogP contribution in [0, 0.1) is 25.5 Å². The normalized spacial score (nSPS) is 11.9. The van der Waals surface area contributed by atoms with Crippen molar-refractivity contribution >= 4 is 5.97 Å². The number of ether oxygens (including phenoxy) is 1. The summed E-state index contributed by atoms with van der Waals surface area (Å²) in [4.78, 5) is 10.7. The molecule has 4 nitrogen and oxygen atoms in total. The van der Waals surface area contributed by atoms with Crippen molar-refractivity contribution in [2.24, 2.45) is 0 Å². The summed E-state index contributed by atoms with van der Waals surface area (Å²) in [6, 6.07) is 12.3. The maximum Gasteiger partial charge on any atom is 0.341 e. The molecule has 162 valence electrons.